The predicted octanol–water partition coefficient (Wildman–Crippen LogP) is 4.19. The van der Waals surface area contributed by atoms with Crippen LogP contribution in [-0.2, 0) is 11.2 Å². The highest BCUT2D eigenvalue weighted by Gasteiger charge is 2.24. The SMILES string of the molecule is COc1cccc(C(CNC(=O)CCc2nc3ccccc3s2)N2CCCC2)c1. The Morgan fingerprint density at radius 3 is 2.83 bits per heavy atom. The van der Waals surface area contributed by atoms with E-state index in [9.17, 15) is 4.79 Å². The van der Waals surface area contributed by atoms with Gasteiger partial charge in [0, 0.05) is 19.4 Å². The summed E-state index contributed by atoms with van der Waals surface area (Å²) in [6.07, 6.45) is 3.57. The van der Waals surface area contributed by atoms with E-state index in [0.29, 0.717) is 19.4 Å². The molecule has 1 aliphatic rings. The Morgan fingerprint density at radius 1 is 1.21 bits per heavy atom. The van der Waals surface area contributed by atoms with Gasteiger partial charge in [-0.25, -0.2) is 4.98 Å². The number of ether oxygens (including phenoxy) is 1. The minimum Gasteiger partial charge on any atom is -0.497 e. The van der Waals surface area contributed by atoms with Gasteiger partial charge in [0.2, 0.25) is 5.91 Å². The van der Waals surface area contributed by atoms with Crippen LogP contribution in [0.4, 0.5) is 0 Å². The lowest BCUT2D eigenvalue weighted by atomic mass is 10.0. The molecule has 1 amide bonds. The van der Waals surface area contributed by atoms with Crippen molar-refractivity contribution in [1.82, 2.24) is 15.2 Å². The van der Waals surface area contributed by atoms with E-state index in [4.69, 9.17) is 4.74 Å². The molecule has 2 aromatic carbocycles. The van der Waals surface area contributed by atoms with Gasteiger partial charge in [-0.15, -0.1) is 11.3 Å². The van der Waals surface area contributed by atoms with Crippen LogP contribution in [-0.4, -0.2) is 42.5 Å². The second kappa shape index (κ2) is 9.37. The first-order valence-corrected chi connectivity index (χ1v) is 11.0. The molecular formula is C23H27N3O2S. The number of fused-ring (bicyclic) bond motifs is 1. The maximum atomic E-state index is 12.5. The van der Waals surface area contributed by atoms with Crippen LogP contribution in [0.2, 0.25) is 0 Å². The van der Waals surface area contributed by atoms with E-state index in [1.165, 1.54) is 23.1 Å². The molecule has 1 unspecified atom stereocenters. The minimum atomic E-state index is 0.0800. The molecule has 1 saturated heterocycles. The van der Waals surface area contributed by atoms with Gasteiger partial charge in [-0.1, -0.05) is 24.3 Å². The average Bonchev–Trinajstić information content (AvgIpc) is 3.42. The van der Waals surface area contributed by atoms with E-state index in [0.717, 1.165) is 29.4 Å². The average molecular weight is 410 g/mol. The van der Waals surface area contributed by atoms with Crippen molar-refractivity contribution in [2.75, 3.05) is 26.7 Å². The van der Waals surface area contributed by atoms with E-state index in [1.807, 2.05) is 30.3 Å². The van der Waals surface area contributed by atoms with Crippen molar-refractivity contribution < 1.29 is 9.53 Å². The third kappa shape index (κ3) is 4.95. The highest BCUT2D eigenvalue weighted by Crippen LogP contribution is 2.27. The lowest BCUT2D eigenvalue weighted by molar-refractivity contribution is -0.121. The van der Waals surface area contributed by atoms with Crippen molar-refractivity contribution in [3.63, 3.8) is 0 Å². The molecule has 0 spiro atoms. The minimum absolute atomic E-state index is 0.0800. The van der Waals surface area contributed by atoms with E-state index >= 15 is 0 Å². The number of aryl methyl sites for hydroxylation is 1. The number of thiazole rings is 1. The first kappa shape index (κ1) is 19.9. The first-order valence-electron chi connectivity index (χ1n) is 10.2. The summed E-state index contributed by atoms with van der Waals surface area (Å²) in [5, 5.41) is 4.17. The Kier molecular flexibility index (Phi) is 6.42. The number of carbonyl (C=O) groups is 1. The topological polar surface area (TPSA) is 54.5 Å². The molecule has 0 aliphatic carbocycles. The second-order valence-corrected chi connectivity index (χ2v) is 8.53. The Bertz CT molecular complexity index is 932. The molecule has 2 heterocycles. The maximum Gasteiger partial charge on any atom is 0.220 e. The summed E-state index contributed by atoms with van der Waals surface area (Å²) in [7, 11) is 1.69. The Labute approximate surface area is 175 Å². The fourth-order valence-electron chi connectivity index (χ4n) is 3.91. The summed E-state index contributed by atoms with van der Waals surface area (Å²) in [5.74, 6) is 0.935. The zero-order chi connectivity index (χ0) is 20.1. The zero-order valence-corrected chi connectivity index (χ0v) is 17.6. The zero-order valence-electron chi connectivity index (χ0n) is 16.8. The van der Waals surface area contributed by atoms with Crippen LogP contribution in [0.25, 0.3) is 10.2 Å². The van der Waals surface area contributed by atoms with E-state index in [2.05, 4.69) is 33.4 Å². The monoisotopic (exact) mass is 409 g/mol. The molecule has 1 aromatic heterocycles. The van der Waals surface area contributed by atoms with Crippen LogP contribution < -0.4 is 10.1 Å². The van der Waals surface area contributed by atoms with E-state index in [1.54, 1.807) is 18.4 Å². The molecule has 0 radical (unpaired) electrons. The number of likely N-dealkylation sites (tertiary alicyclic amines) is 1. The van der Waals surface area contributed by atoms with E-state index in [-0.39, 0.29) is 11.9 Å². The molecular weight excluding hydrogens is 382 g/mol. The predicted molar refractivity (Wildman–Crippen MR) is 117 cm³/mol. The summed E-state index contributed by atoms with van der Waals surface area (Å²) in [5.41, 5.74) is 2.21. The quantitative estimate of drug-likeness (QED) is 0.606. The molecule has 1 atom stereocenters. The van der Waals surface area contributed by atoms with Gasteiger partial charge in [0.15, 0.2) is 0 Å². The number of nitrogens with one attached hydrogen (secondary N) is 1. The summed E-state index contributed by atoms with van der Waals surface area (Å²) >= 11 is 1.67. The number of hydrogen-bond donors (Lipinski definition) is 1. The molecule has 1 N–H and O–H groups in total. The molecule has 0 bridgehead atoms. The van der Waals surface area contributed by atoms with Gasteiger partial charge in [0.1, 0.15) is 5.75 Å². The third-order valence-corrected chi connectivity index (χ3v) is 6.55. The Morgan fingerprint density at radius 2 is 2.03 bits per heavy atom. The molecule has 1 aliphatic heterocycles. The fraction of sp³-hybridized carbons (Fsp3) is 0.391. The lowest BCUT2D eigenvalue weighted by Gasteiger charge is -2.28. The summed E-state index contributed by atoms with van der Waals surface area (Å²) < 4.78 is 6.57. The van der Waals surface area contributed by atoms with Gasteiger partial charge < -0.3 is 10.1 Å². The van der Waals surface area contributed by atoms with Crippen molar-refractivity contribution >= 4 is 27.5 Å². The number of carbonyl (C=O) groups excluding carboxylic acids is 1. The van der Waals surface area contributed by atoms with Crippen molar-refractivity contribution in [3.05, 3.63) is 59.1 Å². The van der Waals surface area contributed by atoms with Gasteiger partial charge in [0.05, 0.1) is 28.4 Å². The van der Waals surface area contributed by atoms with Gasteiger partial charge >= 0.3 is 0 Å². The lowest BCUT2D eigenvalue weighted by Crippen LogP contribution is -2.36. The van der Waals surface area contributed by atoms with Crippen LogP contribution >= 0.6 is 11.3 Å². The third-order valence-electron chi connectivity index (χ3n) is 5.46. The standard InChI is InChI=1S/C23H27N3O2S/c1-28-18-8-6-7-17(15-18)20(26-13-4-5-14-26)16-24-22(27)11-12-23-25-19-9-2-3-10-21(19)29-23/h2-3,6-10,15,20H,4-5,11-14,16H2,1H3,(H,24,27). The van der Waals surface area contributed by atoms with Crippen LogP contribution in [0, 0.1) is 0 Å². The molecule has 3 aromatic rings. The molecule has 0 saturated carbocycles. The van der Waals surface area contributed by atoms with Crippen molar-refractivity contribution in [3.8, 4) is 5.75 Å². The van der Waals surface area contributed by atoms with Crippen molar-refractivity contribution in [1.29, 1.82) is 0 Å². The number of rotatable bonds is 8. The van der Waals surface area contributed by atoms with Crippen molar-refractivity contribution in [2.24, 2.45) is 0 Å². The van der Waals surface area contributed by atoms with Gasteiger partial charge in [-0.3, -0.25) is 9.69 Å². The smallest absolute Gasteiger partial charge is 0.220 e. The highest BCUT2D eigenvalue weighted by molar-refractivity contribution is 7.18. The molecule has 6 heteroatoms. The van der Waals surface area contributed by atoms with Gasteiger partial charge in [-0.2, -0.15) is 0 Å². The van der Waals surface area contributed by atoms with Crippen molar-refractivity contribution in [2.45, 2.75) is 31.7 Å². The second-order valence-electron chi connectivity index (χ2n) is 7.41. The number of aromatic nitrogens is 1. The van der Waals surface area contributed by atoms with Crippen LogP contribution in [0.3, 0.4) is 0 Å². The summed E-state index contributed by atoms with van der Waals surface area (Å²) in [4.78, 5) is 19.6. The van der Waals surface area contributed by atoms with Crippen LogP contribution in [0.15, 0.2) is 48.5 Å². The number of amides is 1. The maximum absolute atomic E-state index is 12.5. The van der Waals surface area contributed by atoms with Gasteiger partial charge in [-0.05, 0) is 55.8 Å². The number of benzene rings is 2. The number of hydrogen-bond acceptors (Lipinski definition) is 5. The molecule has 29 heavy (non-hydrogen) atoms. The number of methoxy groups -OCH3 is 1. The molecule has 1 fully saturated rings. The number of nitrogens with zero attached hydrogens (tertiary/aromatic N) is 2. The molecule has 4 rings (SSSR count). The summed E-state index contributed by atoms with van der Waals surface area (Å²) in [6.45, 7) is 2.76. The highest BCUT2D eigenvalue weighted by atomic mass is 32.1. The number of para-hydroxylation sites is 1. The van der Waals surface area contributed by atoms with Crippen LogP contribution in [0.5, 0.6) is 5.75 Å². The van der Waals surface area contributed by atoms with E-state index < -0.39 is 0 Å². The van der Waals surface area contributed by atoms with Gasteiger partial charge in [0.25, 0.3) is 0 Å². The molecule has 5 nitrogen and oxygen atoms in total. The molecule has 152 valence electrons. The Hall–Kier alpha value is -2.44. The summed E-state index contributed by atoms with van der Waals surface area (Å²) in [6, 6.07) is 16.5. The fourth-order valence-corrected chi connectivity index (χ4v) is 4.87. The first-order chi connectivity index (χ1) is 14.2. The van der Waals surface area contributed by atoms with Crippen LogP contribution in [0.1, 0.15) is 35.9 Å². The Balaban J connectivity index is 1.36. The normalized spacial score (nSPS) is 15.5. The largest absolute Gasteiger partial charge is 0.497 e.